The monoisotopic (exact) mass is 199 g/mol. The summed E-state index contributed by atoms with van der Waals surface area (Å²) in [5.74, 6) is -1.54. The van der Waals surface area contributed by atoms with E-state index in [0.29, 0.717) is 0 Å². The van der Waals surface area contributed by atoms with Gasteiger partial charge in [-0.2, -0.15) is 0 Å². The molecule has 0 atom stereocenters. The number of carbonyl (C=O) groups excluding carboxylic acids is 1. The van der Waals surface area contributed by atoms with Crippen LogP contribution in [0.1, 0.15) is 10.4 Å². The summed E-state index contributed by atoms with van der Waals surface area (Å²) < 4.78 is 22.4. The molecule has 0 aliphatic rings. The highest BCUT2D eigenvalue weighted by Crippen LogP contribution is 2.28. The number of hydrogen-bond acceptors (Lipinski definition) is 4. The highest BCUT2D eigenvalue weighted by atomic mass is 19.1. The van der Waals surface area contributed by atoms with Crippen LogP contribution in [-0.2, 0) is 4.74 Å². The summed E-state index contributed by atoms with van der Waals surface area (Å²) in [4.78, 5) is 11.2. The Kier molecular flexibility index (Phi) is 2.91. The molecule has 2 N–H and O–H groups in total. The first-order chi connectivity index (χ1) is 6.61. The highest BCUT2D eigenvalue weighted by Gasteiger charge is 2.20. The minimum absolute atomic E-state index is 0.00292. The number of halogens is 1. The Morgan fingerprint density at radius 3 is 2.57 bits per heavy atom. The van der Waals surface area contributed by atoms with E-state index in [2.05, 4.69) is 4.74 Å². The molecular formula is C9H10FNO3. The molecule has 0 aliphatic heterocycles. The second kappa shape index (κ2) is 3.95. The summed E-state index contributed by atoms with van der Waals surface area (Å²) in [6.07, 6.45) is 0. The molecule has 0 bridgehead atoms. The number of esters is 1. The van der Waals surface area contributed by atoms with Crippen molar-refractivity contribution in [2.75, 3.05) is 20.0 Å². The molecule has 0 saturated carbocycles. The lowest BCUT2D eigenvalue weighted by molar-refractivity contribution is 0.0591. The van der Waals surface area contributed by atoms with E-state index in [0.717, 1.165) is 13.2 Å². The van der Waals surface area contributed by atoms with Gasteiger partial charge in [0.2, 0.25) is 0 Å². The van der Waals surface area contributed by atoms with Crippen LogP contribution < -0.4 is 10.5 Å². The molecule has 76 valence electrons. The van der Waals surface area contributed by atoms with E-state index in [1.165, 1.54) is 13.2 Å². The van der Waals surface area contributed by atoms with Crippen molar-refractivity contribution in [1.29, 1.82) is 0 Å². The lowest BCUT2D eigenvalue weighted by atomic mass is 10.1. The molecule has 0 fully saturated rings. The fourth-order valence-corrected chi connectivity index (χ4v) is 1.09. The Balaban J connectivity index is 3.37. The van der Waals surface area contributed by atoms with Crippen LogP contribution in [0.15, 0.2) is 12.1 Å². The quantitative estimate of drug-likeness (QED) is 0.574. The molecular weight excluding hydrogens is 189 g/mol. The minimum atomic E-state index is -0.813. The molecule has 14 heavy (non-hydrogen) atoms. The highest BCUT2D eigenvalue weighted by molar-refractivity contribution is 5.94. The standard InChI is InChI=1S/C9H10FNO3/c1-13-8-6(11)4-3-5(10)7(8)9(12)14-2/h3-4H,11H2,1-2H3. The summed E-state index contributed by atoms with van der Waals surface area (Å²) >= 11 is 0. The maximum Gasteiger partial charge on any atom is 0.344 e. The fourth-order valence-electron chi connectivity index (χ4n) is 1.09. The van der Waals surface area contributed by atoms with Crippen molar-refractivity contribution in [2.24, 2.45) is 0 Å². The van der Waals surface area contributed by atoms with E-state index in [4.69, 9.17) is 10.5 Å². The molecule has 1 rings (SSSR count). The second-order valence-corrected chi connectivity index (χ2v) is 2.54. The summed E-state index contributed by atoms with van der Waals surface area (Å²) in [5.41, 5.74) is 5.40. The van der Waals surface area contributed by atoms with Crippen LogP contribution in [-0.4, -0.2) is 20.2 Å². The Labute approximate surface area is 80.4 Å². The molecule has 0 aliphatic carbocycles. The van der Waals surface area contributed by atoms with Gasteiger partial charge in [0.25, 0.3) is 0 Å². The molecule has 0 spiro atoms. The van der Waals surface area contributed by atoms with E-state index in [1.807, 2.05) is 0 Å². The van der Waals surface area contributed by atoms with Crippen LogP contribution in [0.3, 0.4) is 0 Å². The van der Waals surface area contributed by atoms with Gasteiger partial charge in [-0.05, 0) is 12.1 Å². The summed E-state index contributed by atoms with van der Waals surface area (Å²) in [7, 11) is 2.46. The van der Waals surface area contributed by atoms with E-state index >= 15 is 0 Å². The smallest absolute Gasteiger partial charge is 0.344 e. The molecule has 0 aromatic heterocycles. The molecule has 1 aromatic carbocycles. The minimum Gasteiger partial charge on any atom is -0.494 e. The summed E-state index contributed by atoms with van der Waals surface area (Å²) in [6, 6.07) is 2.41. The third-order valence-electron chi connectivity index (χ3n) is 1.73. The SMILES string of the molecule is COC(=O)c1c(F)ccc(N)c1OC. The van der Waals surface area contributed by atoms with E-state index in [-0.39, 0.29) is 17.0 Å². The maximum absolute atomic E-state index is 13.2. The topological polar surface area (TPSA) is 61.5 Å². The predicted octanol–water partition coefficient (Wildman–Crippen LogP) is 1.20. The number of nitrogen functional groups attached to an aromatic ring is 1. The third-order valence-corrected chi connectivity index (χ3v) is 1.73. The first-order valence-corrected chi connectivity index (χ1v) is 3.82. The van der Waals surface area contributed by atoms with Crippen molar-refractivity contribution in [3.63, 3.8) is 0 Å². The van der Waals surface area contributed by atoms with Crippen molar-refractivity contribution in [3.8, 4) is 5.75 Å². The summed E-state index contributed by atoms with van der Waals surface area (Å²) in [5, 5.41) is 0. The number of benzene rings is 1. The van der Waals surface area contributed by atoms with Crippen molar-refractivity contribution in [2.45, 2.75) is 0 Å². The Morgan fingerprint density at radius 1 is 1.43 bits per heavy atom. The second-order valence-electron chi connectivity index (χ2n) is 2.54. The van der Waals surface area contributed by atoms with Crippen molar-refractivity contribution in [1.82, 2.24) is 0 Å². The molecule has 5 heteroatoms. The molecule has 0 saturated heterocycles. The van der Waals surface area contributed by atoms with Crippen LogP contribution in [0, 0.1) is 5.82 Å². The van der Waals surface area contributed by atoms with Gasteiger partial charge in [-0.25, -0.2) is 9.18 Å². The van der Waals surface area contributed by atoms with Gasteiger partial charge in [0, 0.05) is 0 Å². The predicted molar refractivity (Wildman–Crippen MR) is 48.7 cm³/mol. The van der Waals surface area contributed by atoms with Crippen molar-refractivity contribution < 1.29 is 18.7 Å². The number of rotatable bonds is 2. The number of anilines is 1. The Hall–Kier alpha value is -1.78. The van der Waals surface area contributed by atoms with Gasteiger partial charge in [0.1, 0.15) is 11.4 Å². The number of nitrogens with two attached hydrogens (primary N) is 1. The van der Waals surface area contributed by atoms with Gasteiger partial charge in [0.15, 0.2) is 5.75 Å². The average molecular weight is 199 g/mol. The number of methoxy groups -OCH3 is 2. The molecule has 1 aromatic rings. The molecule has 0 radical (unpaired) electrons. The van der Waals surface area contributed by atoms with Gasteiger partial charge in [0.05, 0.1) is 19.9 Å². The molecule has 0 unspecified atom stereocenters. The van der Waals surface area contributed by atoms with Crippen LogP contribution in [0.4, 0.5) is 10.1 Å². The average Bonchev–Trinajstić information content (AvgIpc) is 2.19. The Bertz CT molecular complexity index is 365. The number of hydrogen-bond donors (Lipinski definition) is 1. The van der Waals surface area contributed by atoms with Crippen molar-refractivity contribution in [3.05, 3.63) is 23.5 Å². The van der Waals surface area contributed by atoms with Gasteiger partial charge in [-0.3, -0.25) is 0 Å². The van der Waals surface area contributed by atoms with Gasteiger partial charge in [-0.1, -0.05) is 0 Å². The first kappa shape index (κ1) is 10.3. The van der Waals surface area contributed by atoms with Gasteiger partial charge < -0.3 is 15.2 Å². The first-order valence-electron chi connectivity index (χ1n) is 3.82. The lowest BCUT2D eigenvalue weighted by Gasteiger charge is -2.09. The zero-order chi connectivity index (χ0) is 10.7. The number of carbonyl (C=O) groups is 1. The van der Waals surface area contributed by atoms with Crippen LogP contribution in [0.25, 0.3) is 0 Å². The largest absolute Gasteiger partial charge is 0.494 e. The van der Waals surface area contributed by atoms with Crippen molar-refractivity contribution >= 4 is 11.7 Å². The van der Waals surface area contributed by atoms with E-state index in [1.54, 1.807) is 0 Å². The molecule has 0 amide bonds. The zero-order valence-corrected chi connectivity index (χ0v) is 7.83. The number of ether oxygens (including phenoxy) is 2. The van der Waals surface area contributed by atoms with Crippen LogP contribution in [0.2, 0.25) is 0 Å². The molecule has 0 heterocycles. The van der Waals surface area contributed by atoms with Crippen LogP contribution >= 0.6 is 0 Å². The fraction of sp³-hybridized carbons (Fsp3) is 0.222. The normalized spacial score (nSPS) is 9.64. The van der Waals surface area contributed by atoms with E-state index in [9.17, 15) is 9.18 Å². The lowest BCUT2D eigenvalue weighted by Crippen LogP contribution is -2.08. The van der Waals surface area contributed by atoms with E-state index < -0.39 is 11.8 Å². The van der Waals surface area contributed by atoms with Gasteiger partial charge >= 0.3 is 5.97 Å². The zero-order valence-electron chi connectivity index (χ0n) is 7.83. The Morgan fingerprint density at radius 2 is 2.07 bits per heavy atom. The maximum atomic E-state index is 13.2. The molecule has 4 nitrogen and oxygen atoms in total. The third kappa shape index (κ3) is 1.61. The van der Waals surface area contributed by atoms with Gasteiger partial charge in [-0.15, -0.1) is 0 Å². The van der Waals surface area contributed by atoms with Crippen LogP contribution in [0.5, 0.6) is 5.75 Å². The summed E-state index contributed by atoms with van der Waals surface area (Å²) in [6.45, 7) is 0.